The molecule has 0 aliphatic rings. The summed E-state index contributed by atoms with van der Waals surface area (Å²) in [5, 5.41) is 4.44. The SMILES string of the molecule is CCCCCc1cnc2c(CCCCC)cnn2c1. The Balaban J connectivity index is 2.03. The number of unbranched alkanes of at least 4 members (excludes halogenated alkanes) is 4. The van der Waals surface area contributed by atoms with E-state index in [1.54, 1.807) is 0 Å². The van der Waals surface area contributed by atoms with Crippen molar-refractivity contribution in [3.8, 4) is 0 Å². The summed E-state index contributed by atoms with van der Waals surface area (Å²) in [6.07, 6.45) is 15.9. The minimum Gasteiger partial charge on any atom is -0.236 e. The van der Waals surface area contributed by atoms with Gasteiger partial charge in [0.05, 0.1) is 6.20 Å². The molecule has 0 unspecified atom stereocenters. The van der Waals surface area contributed by atoms with E-state index in [9.17, 15) is 0 Å². The van der Waals surface area contributed by atoms with Crippen molar-refractivity contribution in [2.24, 2.45) is 0 Å². The molecule has 2 aromatic heterocycles. The zero-order valence-corrected chi connectivity index (χ0v) is 12.2. The van der Waals surface area contributed by atoms with Gasteiger partial charge in [-0.3, -0.25) is 0 Å². The van der Waals surface area contributed by atoms with Crippen LogP contribution in [0.5, 0.6) is 0 Å². The van der Waals surface area contributed by atoms with Gasteiger partial charge in [0, 0.05) is 18.0 Å². The fourth-order valence-corrected chi connectivity index (χ4v) is 2.41. The van der Waals surface area contributed by atoms with Crippen molar-refractivity contribution in [1.82, 2.24) is 14.6 Å². The molecule has 0 aromatic carbocycles. The Kier molecular flexibility index (Phi) is 5.37. The first kappa shape index (κ1) is 14.0. The van der Waals surface area contributed by atoms with Gasteiger partial charge in [-0.15, -0.1) is 0 Å². The molecule has 0 amide bonds. The number of aromatic nitrogens is 3. The molecule has 104 valence electrons. The van der Waals surface area contributed by atoms with Crippen molar-refractivity contribution in [2.45, 2.75) is 65.2 Å². The van der Waals surface area contributed by atoms with Crippen molar-refractivity contribution < 1.29 is 0 Å². The Labute approximate surface area is 116 Å². The number of rotatable bonds is 8. The molecule has 0 bridgehead atoms. The number of fused-ring (bicyclic) bond motifs is 1. The zero-order valence-electron chi connectivity index (χ0n) is 12.2. The van der Waals surface area contributed by atoms with E-state index in [1.807, 2.05) is 16.9 Å². The van der Waals surface area contributed by atoms with E-state index in [0.29, 0.717) is 0 Å². The summed E-state index contributed by atoms with van der Waals surface area (Å²) in [5.74, 6) is 0. The molecule has 0 atom stereocenters. The predicted molar refractivity (Wildman–Crippen MR) is 79.4 cm³/mol. The standard InChI is InChI=1S/C16H25N3/c1-3-5-7-9-14-11-17-16-15(10-8-6-4-2)12-18-19(16)13-14/h11-13H,3-10H2,1-2H3. The van der Waals surface area contributed by atoms with Gasteiger partial charge in [-0.1, -0.05) is 39.5 Å². The van der Waals surface area contributed by atoms with Gasteiger partial charge in [0.1, 0.15) is 0 Å². The highest BCUT2D eigenvalue weighted by molar-refractivity contribution is 5.46. The monoisotopic (exact) mass is 259 g/mol. The van der Waals surface area contributed by atoms with Gasteiger partial charge in [-0.05, 0) is 31.2 Å². The molecule has 0 fully saturated rings. The second-order valence-corrected chi connectivity index (χ2v) is 5.31. The van der Waals surface area contributed by atoms with Gasteiger partial charge in [0.2, 0.25) is 0 Å². The topological polar surface area (TPSA) is 30.2 Å². The molecule has 0 aliphatic heterocycles. The lowest BCUT2D eigenvalue weighted by atomic mass is 10.1. The summed E-state index contributed by atoms with van der Waals surface area (Å²) < 4.78 is 1.95. The van der Waals surface area contributed by atoms with Gasteiger partial charge < -0.3 is 0 Å². The van der Waals surface area contributed by atoms with Gasteiger partial charge in [-0.2, -0.15) is 5.10 Å². The first-order valence-electron chi connectivity index (χ1n) is 7.66. The number of aryl methyl sites for hydroxylation is 2. The maximum Gasteiger partial charge on any atom is 0.158 e. The van der Waals surface area contributed by atoms with Crippen molar-refractivity contribution in [1.29, 1.82) is 0 Å². The second-order valence-electron chi connectivity index (χ2n) is 5.31. The van der Waals surface area contributed by atoms with Crippen LogP contribution in [-0.2, 0) is 12.8 Å². The fourth-order valence-electron chi connectivity index (χ4n) is 2.41. The summed E-state index contributed by atoms with van der Waals surface area (Å²) in [6, 6.07) is 0. The van der Waals surface area contributed by atoms with E-state index in [1.165, 1.54) is 49.7 Å². The fraction of sp³-hybridized carbons (Fsp3) is 0.625. The molecule has 0 N–H and O–H groups in total. The van der Waals surface area contributed by atoms with Crippen molar-refractivity contribution in [2.75, 3.05) is 0 Å². The maximum absolute atomic E-state index is 4.60. The van der Waals surface area contributed by atoms with Gasteiger partial charge in [0.25, 0.3) is 0 Å². The molecule has 0 spiro atoms. The van der Waals surface area contributed by atoms with Gasteiger partial charge >= 0.3 is 0 Å². The molecule has 0 radical (unpaired) electrons. The van der Waals surface area contributed by atoms with E-state index in [2.05, 4.69) is 30.1 Å². The van der Waals surface area contributed by atoms with Crippen LogP contribution in [0.1, 0.15) is 63.5 Å². The lowest BCUT2D eigenvalue weighted by molar-refractivity contribution is 0.710. The Morgan fingerprint density at radius 2 is 1.68 bits per heavy atom. The smallest absolute Gasteiger partial charge is 0.158 e. The van der Waals surface area contributed by atoms with Crippen LogP contribution in [0.3, 0.4) is 0 Å². The Hall–Kier alpha value is -1.38. The van der Waals surface area contributed by atoms with Crippen LogP contribution in [0, 0.1) is 0 Å². The molecular weight excluding hydrogens is 234 g/mol. The third-order valence-corrected chi connectivity index (χ3v) is 3.60. The molecule has 0 saturated heterocycles. The average Bonchev–Trinajstić information content (AvgIpc) is 2.82. The molecule has 0 aliphatic carbocycles. The van der Waals surface area contributed by atoms with Crippen LogP contribution in [-0.4, -0.2) is 14.6 Å². The molecular formula is C16H25N3. The van der Waals surface area contributed by atoms with E-state index in [0.717, 1.165) is 18.5 Å². The lowest BCUT2D eigenvalue weighted by Gasteiger charge is -2.02. The Bertz CT molecular complexity index is 502. The minimum absolute atomic E-state index is 1.04. The molecule has 0 saturated carbocycles. The van der Waals surface area contributed by atoms with Crippen LogP contribution in [0.25, 0.3) is 5.65 Å². The van der Waals surface area contributed by atoms with Gasteiger partial charge in [-0.25, -0.2) is 9.50 Å². The minimum atomic E-state index is 1.04. The third-order valence-electron chi connectivity index (χ3n) is 3.60. The summed E-state index contributed by atoms with van der Waals surface area (Å²) in [5.41, 5.74) is 3.62. The first-order chi connectivity index (χ1) is 9.35. The first-order valence-corrected chi connectivity index (χ1v) is 7.66. The molecule has 2 aromatic rings. The normalized spacial score (nSPS) is 11.3. The van der Waals surface area contributed by atoms with Crippen LogP contribution in [0.2, 0.25) is 0 Å². The quantitative estimate of drug-likeness (QED) is 0.665. The second kappa shape index (κ2) is 7.27. The summed E-state index contributed by atoms with van der Waals surface area (Å²) in [7, 11) is 0. The molecule has 3 heteroatoms. The molecule has 2 rings (SSSR count). The molecule has 2 heterocycles. The summed E-state index contributed by atoms with van der Waals surface area (Å²) in [4.78, 5) is 4.60. The average molecular weight is 259 g/mol. The van der Waals surface area contributed by atoms with Crippen LogP contribution < -0.4 is 0 Å². The van der Waals surface area contributed by atoms with Crippen molar-refractivity contribution in [3.05, 3.63) is 29.7 Å². The molecule has 19 heavy (non-hydrogen) atoms. The van der Waals surface area contributed by atoms with Crippen molar-refractivity contribution >= 4 is 5.65 Å². The van der Waals surface area contributed by atoms with Crippen LogP contribution in [0.4, 0.5) is 0 Å². The highest BCUT2D eigenvalue weighted by Crippen LogP contribution is 2.13. The highest BCUT2D eigenvalue weighted by atomic mass is 15.2. The van der Waals surface area contributed by atoms with E-state index < -0.39 is 0 Å². The number of hydrogen-bond acceptors (Lipinski definition) is 2. The lowest BCUT2D eigenvalue weighted by Crippen LogP contribution is -1.96. The Morgan fingerprint density at radius 1 is 0.947 bits per heavy atom. The maximum atomic E-state index is 4.60. The largest absolute Gasteiger partial charge is 0.236 e. The zero-order chi connectivity index (χ0) is 13.5. The predicted octanol–water partition coefficient (Wildman–Crippen LogP) is 4.19. The summed E-state index contributed by atoms with van der Waals surface area (Å²) >= 11 is 0. The highest BCUT2D eigenvalue weighted by Gasteiger charge is 2.05. The molecule has 3 nitrogen and oxygen atoms in total. The number of nitrogens with zero attached hydrogens (tertiary/aromatic N) is 3. The number of hydrogen-bond donors (Lipinski definition) is 0. The van der Waals surface area contributed by atoms with E-state index >= 15 is 0 Å². The van der Waals surface area contributed by atoms with Crippen LogP contribution in [0.15, 0.2) is 18.6 Å². The van der Waals surface area contributed by atoms with E-state index in [-0.39, 0.29) is 0 Å². The van der Waals surface area contributed by atoms with Crippen molar-refractivity contribution in [3.63, 3.8) is 0 Å². The summed E-state index contributed by atoms with van der Waals surface area (Å²) in [6.45, 7) is 4.47. The van der Waals surface area contributed by atoms with Crippen LogP contribution >= 0.6 is 0 Å². The van der Waals surface area contributed by atoms with E-state index in [4.69, 9.17) is 0 Å². The van der Waals surface area contributed by atoms with Gasteiger partial charge in [0.15, 0.2) is 5.65 Å². The Morgan fingerprint density at radius 3 is 2.42 bits per heavy atom. The third kappa shape index (κ3) is 3.79.